The number of alkyl halides is 1. The van der Waals surface area contributed by atoms with Crippen LogP contribution in [0.5, 0.6) is 5.75 Å². The second-order valence-electron chi connectivity index (χ2n) is 7.50. The monoisotopic (exact) mass is 380 g/mol. The number of halogens is 1. The van der Waals surface area contributed by atoms with Gasteiger partial charge in [-0.1, -0.05) is 0 Å². The van der Waals surface area contributed by atoms with Gasteiger partial charge in [0.25, 0.3) is 0 Å². The number of benzene rings is 1. The Labute approximate surface area is 161 Å². The third kappa shape index (κ3) is 2.72. The summed E-state index contributed by atoms with van der Waals surface area (Å²) in [5.41, 5.74) is 1.97. The van der Waals surface area contributed by atoms with Gasteiger partial charge in [0, 0.05) is 43.7 Å². The minimum atomic E-state index is -0.898. The van der Waals surface area contributed by atoms with Gasteiger partial charge in [0.2, 0.25) is 0 Å². The van der Waals surface area contributed by atoms with Gasteiger partial charge in [-0.25, -0.2) is 9.37 Å². The zero-order chi connectivity index (χ0) is 19.3. The second kappa shape index (κ2) is 6.56. The van der Waals surface area contributed by atoms with Gasteiger partial charge in [0.05, 0.1) is 23.8 Å². The highest BCUT2D eigenvalue weighted by Gasteiger charge is 2.50. The molecule has 5 rings (SSSR count). The van der Waals surface area contributed by atoms with E-state index in [9.17, 15) is 9.50 Å². The Morgan fingerprint density at radius 2 is 2.14 bits per heavy atom. The minimum Gasteiger partial charge on any atom is -0.507 e. The second-order valence-corrected chi connectivity index (χ2v) is 7.50. The molecule has 2 aliphatic rings. The van der Waals surface area contributed by atoms with E-state index in [4.69, 9.17) is 0 Å². The predicted molar refractivity (Wildman–Crippen MR) is 103 cm³/mol. The molecule has 1 aliphatic carbocycles. The largest absolute Gasteiger partial charge is 0.507 e. The molecule has 4 atom stereocenters. The fourth-order valence-electron chi connectivity index (χ4n) is 4.45. The van der Waals surface area contributed by atoms with E-state index >= 15 is 0 Å². The van der Waals surface area contributed by atoms with E-state index in [1.807, 2.05) is 40.9 Å². The first-order valence-electron chi connectivity index (χ1n) is 9.37. The van der Waals surface area contributed by atoms with Crippen LogP contribution in [0.25, 0.3) is 16.9 Å². The molecule has 1 aliphatic heterocycles. The van der Waals surface area contributed by atoms with E-state index in [0.29, 0.717) is 23.0 Å². The third-order valence-corrected chi connectivity index (χ3v) is 5.91. The van der Waals surface area contributed by atoms with Gasteiger partial charge in [-0.3, -0.25) is 0 Å². The number of hydrogen-bond donors (Lipinski definition) is 2. The van der Waals surface area contributed by atoms with Crippen molar-refractivity contribution >= 4 is 5.82 Å². The van der Waals surface area contributed by atoms with Gasteiger partial charge in [-0.15, -0.1) is 10.2 Å². The van der Waals surface area contributed by atoms with Crippen LogP contribution in [-0.4, -0.2) is 56.7 Å². The fraction of sp³-hybridized carbons (Fsp3) is 0.350. The Balaban J connectivity index is 1.38. The molecular weight excluding hydrogens is 359 g/mol. The maximum atomic E-state index is 14.6. The summed E-state index contributed by atoms with van der Waals surface area (Å²) >= 11 is 0. The third-order valence-electron chi connectivity index (χ3n) is 5.91. The number of piperidine rings is 1. The average molecular weight is 380 g/mol. The van der Waals surface area contributed by atoms with Crippen molar-refractivity contribution in [3.05, 3.63) is 49.1 Å². The van der Waals surface area contributed by atoms with Crippen LogP contribution in [0.1, 0.15) is 6.42 Å². The molecule has 2 bridgehead atoms. The lowest BCUT2D eigenvalue weighted by molar-refractivity contribution is 0.220. The van der Waals surface area contributed by atoms with Gasteiger partial charge >= 0.3 is 0 Å². The van der Waals surface area contributed by atoms with Crippen LogP contribution in [0.3, 0.4) is 0 Å². The highest BCUT2D eigenvalue weighted by Crippen LogP contribution is 2.38. The Kier molecular flexibility index (Phi) is 4.01. The van der Waals surface area contributed by atoms with E-state index in [1.165, 1.54) is 0 Å². The molecule has 3 aromatic rings. The average Bonchev–Trinajstić information content (AvgIpc) is 3.45. The van der Waals surface area contributed by atoms with Crippen molar-refractivity contribution in [1.82, 2.24) is 25.1 Å². The van der Waals surface area contributed by atoms with Gasteiger partial charge < -0.3 is 19.9 Å². The number of phenols is 1. The molecule has 2 N–H and O–H groups in total. The summed E-state index contributed by atoms with van der Waals surface area (Å²) in [7, 11) is 1.87. The Morgan fingerprint density at radius 1 is 1.25 bits per heavy atom. The number of fused-ring (bicyclic) bond motifs is 2. The number of rotatable bonds is 4. The molecule has 2 unspecified atom stereocenters. The Morgan fingerprint density at radius 3 is 2.79 bits per heavy atom. The van der Waals surface area contributed by atoms with E-state index in [1.54, 1.807) is 24.7 Å². The first kappa shape index (κ1) is 17.1. The molecule has 144 valence electrons. The first-order chi connectivity index (χ1) is 13.6. The number of nitrogens with one attached hydrogen (secondary N) is 1. The molecule has 2 fully saturated rings. The van der Waals surface area contributed by atoms with Crippen LogP contribution in [-0.2, 0) is 0 Å². The number of nitrogens with zero attached hydrogens (tertiary/aromatic N) is 5. The number of phenolic OH excluding ortho intramolecular Hbond substituents is 1. The van der Waals surface area contributed by atoms with Crippen molar-refractivity contribution in [2.45, 2.75) is 24.7 Å². The van der Waals surface area contributed by atoms with Crippen LogP contribution in [0.4, 0.5) is 10.2 Å². The van der Waals surface area contributed by atoms with Crippen LogP contribution in [0, 0.1) is 5.92 Å². The molecule has 3 heterocycles. The molecule has 28 heavy (non-hydrogen) atoms. The number of aromatic nitrogens is 4. The molecule has 1 saturated carbocycles. The summed E-state index contributed by atoms with van der Waals surface area (Å²) in [5.74, 6) is 1.05. The lowest BCUT2D eigenvalue weighted by Crippen LogP contribution is -2.51. The molecule has 8 heteroatoms. The first-order valence-corrected chi connectivity index (χ1v) is 9.37. The van der Waals surface area contributed by atoms with Gasteiger partial charge in [0.15, 0.2) is 5.82 Å². The van der Waals surface area contributed by atoms with Gasteiger partial charge in [-0.05, 0) is 36.6 Å². The normalized spacial score (nSPS) is 25.9. The zero-order valence-electron chi connectivity index (χ0n) is 15.4. The van der Waals surface area contributed by atoms with Crippen molar-refractivity contribution in [2.24, 2.45) is 5.92 Å². The number of imidazole rings is 1. The summed E-state index contributed by atoms with van der Waals surface area (Å²) < 4.78 is 16.4. The van der Waals surface area contributed by atoms with Crippen molar-refractivity contribution in [1.29, 1.82) is 0 Å². The van der Waals surface area contributed by atoms with Crippen molar-refractivity contribution in [3.63, 3.8) is 0 Å². The molecule has 0 amide bonds. The molecule has 1 aromatic carbocycles. The van der Waals surface area contributed by atoms with Crippen LogP contribution < -0.4 is 10.2 Å². The summed E-state index contributed by atoms with van der Waals surface area (Å²) in [5, 5.41) is 22.2. The van der Waals surface area contributed by atoms with Crippen molar-refractivity contribution < 1.29 is 9.50 Å². The lowest BCUT2D eigenvalue weighted by Gasteiger charge is -2.34. The van der Waals surface area contributed by atoms with Crippen LogP contribution in [0.15, 0.2) is 49.1 Å². The van der Waals surface area contributed by atoms with E-state index in [2.05, 4.69) is 20.5 Å². The standard InChI is InChI=1S/C20H21FN6O/c1-26(20-12-8-16(19(20)21)23-10-12)18-5-4-15(24-25-18)14-3-2-13(9-17(14)28)27-7-6-22-11-27/h2-7,9,11-12,16,19-20,23,28H,8,10H2,1H3/t12?,16?,19-,20-/m1/s1. The maximum absolute atomic E-state index is 14.6. The number of anilines is 1. The topological polar surface area (TPSA) is 79.1 Å². The SMILES string of the molecule is CN(c1ccc(-c2ccc(-n3ccnc3)cc2O)nn1)[C@@H]1C2CNC(C2)[C@H]1F. The summed E-state index contributed by atoms with van der Waals surface area (Å²) in [6.07, 6.45) is 5.13. The smallest absolute Gasteiger partial charge is 0.151 e. The maximum Gasteiger partial charge on any atom is 0.151 e. The number of aromatic hydroxyl groups is 1. The summed E-state index contributed by atoms with van der Waals surface area (Å²) in [6, 6.07) is 8.77. The van der Waals surface area contributed by atoms with Crippen LogP contribution in [0.2, 0.25) is 0 Å². The quantitative estimate of drug-likeness (QED) is 0.722. The number of hydrogen-bond acceptors (Lipinski definition) is 6. The molecular formula is C20H21FN6O. The molecule has 7 nitrogen and oxygen atoms in total. The van der Waals surface area contributed by atoms with E-state index in [0.717, 1.165) is 18.7 Å². The molecule has 2 aromatic heterocycles. The lowest BCUT2D eigenvalue weighted by atomic mass is 10.0. The molecule has 1 saturated heterocycles. The molecule has 0 spiro atoms. The minimum absolute atomic E-state index is 0.0457. The van der Waals surface area contributed by atoms with E-state index in [-0.39, 0.29) is 17.8 Å². The fourth-order valence-corrected chi connectivity index (χ4v) is 4.45. The van der Waals surface area contributed by atoms with E-state index < -0.39 is 6.17 Å². The van der Waals surface area contributed by atoms with Crippen molar-refractivity contribution in [3.8, 4) is 22.7 Å². The summed E-state index contributed by atoms with van der Waals surface area (Å²) in [6.45, 7) is 0.850. The van der Waals surface area contributed by atoms with Crippen LogP contribution >= 0.6 is 0 Å². The molecule has 0 radical (unpaired) electrons. The van der Waals surface area contributed by atoms with Gasteiger partial charge in [0.1, 0.15) is 11.9 Å². The van der Waals surface area contributed by atoms with Gasteiger partial charge in [-0.2, -0.15) is 0 Å². The zero-order valence-corrected chi connectivity index (χ0v) is 15.4. The Hall–Kier alpha value is -3.00. The highest BCUT2D eigenvalue weighted by atomic mass is 19.1. The highest BCUT2D eigenvalue weighted by molar-refractivity contribution is 5.69. The van der Waals surface area contributed by atoms with Crippen molar-refractivity contribution in [2.75, 3.05) is 18.5 Å². The predicted octanol–water partition coefficient (Wildman–Crippen LogP) is 2.17. The Bertz CT molecular complexity index is 975. The summed E-state index contributed by atoms with van der Waals surface area (Å²) in [4.78, 5) is 5.91.